The van der Waals surface area contributed by atoms with Gasteiger partial charge in [-0.25, -0.2) is 0 Å². The van der Waals surface area contributed by atoms with Crippen molar-refractivity contribution in [3.8, 4) is 11.4 Å². The van der Waals surface area contributed by atoms with Crippen LogP contribution in [0.3, 0.4) is 0 Å². The number of esters is 2. The standard InChI is InChI=1S/C23H27N3O5/c1-15(27)30-11-12-31-21(28)10-9-16-13-17(23(2,3)4)22(29)20(14-16)26-24-18-7-5-6-8-19(18)25-26/h5-8,13-14,29H,9-12H2,1-4H3. The molecule has 3 aromatic rings. The Balaban J connectivity index is 1.83. The second kappa shape index (κ2) is 9.16. The number of hydrogen-bond donors (Lipinski definition) is 1. The molecule has 31 heavy (non-hydrogen) atoms. The number of benzene rings is 2. The molecule has 1 heterocycles. The van der Waals surface area contributed by atoms with Crippen LogP contribution < -0.4 is 0 Å². The van der Waals surface area contributed by atoms with Gasteiger partial charge in [0, 0.05) is 18.9 Å². The maximum Gasteiger partial charge on any atom is 0.306 e. The molecule has 0 bridgehead atoms. The summed E-state index contributed by atoms with van der Waals surface area (Å²) < 4.78 is 9.85. The second-order valence-corrected chi connectivity index (χ2v) is 8.30. The number of phenolic OH excluding ortho intramolecular Hbond substituents is 1. The fourth-order valence-electron chi connectivity index (χ4n) is 3.17. The lowest BCUT2D eigenvalue weighted by atomic mass is 9.84. The summed E-state index contributed by atoms with van der Waals surface area (Å²) >= 11 is 0. The zero-order chi connectivity index (χ0) is 22.6. The molecule has 2 aromatic carbocycles. The normalized spacial score (nSPS) is 11.5. The molecule has 0 amide bonds. The molecule has 164 valence electrons. The molecule has 0 aliphatic carbocycles. The number of ether oxygens (including phenoxy) is 2. The molecule has 0 saturated heterocycles. The van der Waals surface area contributed by atoms with Crippen LogP contribution in [-0.4, -0.2) is 45.3 Å². The van der Waals surface area contributed by atoms with E-state index in [4.69, 9.17) is 9.47 Å². The molecule has 3 rings (SSSR count). The van der Waals surface area contributed by atoms with Gasteiger partial charge < -0.3 is 14.6 Å². The summed E-state index contributed by atoms with van der Waals surface area (Å²) in [5.74, 6) is -0.690. The number of aryl methyl sites for hydroxylation is 1. The topological polar surface area (TPSA) is 104 Å². The van der Waals surface area contributed by atoms with E-state index in [-0.39, 0.29) is 36.8 Å². The number of nitrogens with zero attached hydrogens (tertiary/aromatic N) is 3. The van der Waals surface area contributed by atoms with Crippen molar-refractivity contribution in [2.75, 3.05) is 13.2 Å². The Morgan fingerprint density at radius 3 is 2.23 bits per heavy atom. The Bertz CT molecular complexity index is 1070. The molecule has 8 nitrogen and oxygen atoms in total. The number of fused-ring (bicyclic) bond motifs is 1. The summed E-state index contributed by atoms with van der Waals surface area (Å²) in [6, 6.07) is 11.2. The fourth-order valence-corrected chi connectivity index (χ4v) is 3.17. The van der Waals surface area contributed by atoms with Gasteiger partial charge in [0.2, 0.25) is 0 Å². The van der Waals surface area contributed by atoms with Crippen molar-refractivity contribution in [3.05, 3.63) is 47.5 Å². The number of hydrogen-bond acceptors (Lipinski definition) is 7. The number of rotatable bonds is 7. The molecule has 0 aliphatic heterocycles. The zero-order valence-corrected chi connectivity index (χ0v) is 18.2. The quantitative estimate of drug-likeness (QED) is 0.457. The number of aromatic nitrogens is 3. The molecule has 0 atom stereocenters. The Morgan fingerprint density at radius 1 is 1.03 bits per heavy atom. The Labute approximate surface area is 180 Å². The third-order valence-electron chi connectivity index (χ3n) is 4.73. The molecule has 0 saturated carbocycles. The Morgan fingerprint density at radius 2 is 1.65 bits per heavy atom. The number of carbonyl (C=O) groups excluding carboxylic acids is 2. The largest absolute Gasteiger partial charge is 0.505 e. The van der Waals surface area contributed by atoms with E-state index in [1.807, 2.05) is 51.1 Å². The van der Waals surface area contributed by atoms with Crippen LogP contribution >= 0.6 is 0 Å². The summed E-state index contributed by atoms with van der Waals surface area (Å²) in [7, 11) is 0. The fraction of sp³-hybridized carbons (Fsp3) is 0.391. The van der Waals surface area contributed by atoms with E-state index in [0.717, 1.165) is 22.2 Å². The minimum absolute atomic E-state index is 0.0241. The van der Waals surface area contributed by atoms with Gasteiger partial charge in [-0.1, -0.05) is 39.0 Å². The lowest BCUT2D eigenvalue weighted by Crippen LogP contribution is -2.15. The predicted molar refractivity (Wildman–Crippen MR) is 115 cm³/mol. The molecular weight excluding hydrogens is 398 g/mol. The van der Waals surface area contributed by atoms with Crippen molar-refractivity contribution in [1.29, 1.82) is 0 Å². The minimum atomic E-state index is -0.415. The van der Waals surface area contributed by atoms with E-state index in [1.165, 1.54) is 11.7 Å². The zero-order valence-electron chi connectivity index (χ0n) is 18.2. The van der Waals surface area contributed by atoms with E-state index in [2.05, 4.69) is 10.2 Å². The lowest BCUT2D eigenvalue weighted by molar-refractivity contribution is -0.150. The maximum absolute atomic E-state index is 12.0. The molecule has 0 unspecified atom stereocenters. The second-order valence-electron chi connectivity index (χ2n) is 8.30. The highest BCUT2D eigenvalue weighted by Gasteiger charge is 2.23. The van der Waals surface area contributed by atoms with Crippen molar-refractivity contribution >= 4 is 23.0 Å². The van der Waals surface area contributed by atoms with Gasteiger partial charge in [0.25, 0.3) is 0 Å². The highest BCUT2D eigenvalue weighted by molar-refractivity contribution is 5.74. The summed E-state index contributed by atoms with van der Waals surface area (Å²) in [6.45, 7) is 7.38. The van der Waals surface area contributed by atoms with E-state index >= 15 is 0 Å². The molecular formula is C23H27N3O5. The average molecular weight is 425 g/mol. The van der Waals surface area contributed by atoms with Crippen molar-refractivity contribution in [2.45, 2.75) is 46.0 Å². The first-order chi connectivity index (χ1) is 14.6. The van der Waals surface area contributed by atoms with Gasteiger partial charge in [0.1, 0.15) is 35.7 Å². The van der Waals surface area contributed by atoms with Crippen LogP contribution in [0.5, 0.6) is 5.75 Å². The van der Waals surface area contributed by atoms with Gasteiger partial charge in [0.15, 0.2) is 0 Å². The van der Waals surface area contributed by atoms with Crippen molar-refractivity contribution in [2.24, 2.45) is 0 Å². The van der Waals surface area contributed by atoms with Crippen molar-refractivity contribution in [3.63, 3.8) is 0 Å². The van der Waals surface area contributed by atoms with Crippen LogP contribution in [0.15, 0.2) is 36.4 Å². The van der Waals surface area contributed by atoms with Crippen LogP contribution in [0.1, 0.15) is 45.2 Å². The van der Waals surface area contributed by atoms with Crippen LogP contribution in [-0.2, 0) is 30.9 Å². The molecule has 0 aliphatic rings. The van der Waals surface area contributed by atoms with Crippen LogP contribution in [0, 0.1) is 0 Å². The predicted octanol–water partition coefficient (Wildman–Crippen LogP) is 3.46. The third kappa shape index (κ3) is 5.59. The van der Waals surface area contributed by atoms with Crippen molar-refractivity contribution in [1.82, 2.24) is 15.0 Å². The van der Waals surface area contributed by atoms with Crippen molar-refractivity contribution < 1.29 is 24.2 Å². The first-order valence-electron chi connectivity index (χ1n) is 10.1. The molecule has 0 radical (unpaired) electrons. The Hall–Kier alpha value is -3.42. The SMILES string of the molecule is CC(=O)OCCOC(=O)CCc1cc(-n2nc3ccccc3n2)c(O)c(C(C)(C)C)c1. The van der Waals surface area contributed by atoms with Gasteiger partial charge in [-0.3, -0.25) is 9.59 Å². The van der Waals surface area contributed by atoms with Gasteiger partial charge in [-0.15, -0.1) is 15.0 Å². The number of carbonyl (C=O) groups is 2. The van der Waals surface area contributed by atoms with Crippen LogP contribution in [0.25, 0.3) is 16.7 Å². The first-order valence-corrected chi connectivity index (χ1v) is 10.1. The van der Waals surface area contributed by atoms with E-state index in [1.54, 1.807) is 6.07 Å². The highest BCUT2D eigenvalue weighted by Crippen LogP contribution is 2.36. The summed E-state index contributed by atoms with van der Waals surface area (Å²) in [6.07, 6.45) is 0.575. The summed E-state index contributed by atoms with van der Waals surface area (Å²) in [5, 5.41) is 19.9. The monoisotopic (exact) mass is 425 g/mol. The molecule has 1 N–H and O–H groups in total. The smallest absolute Gasteiger partial charge is 0.306 e. The minimum Gasteiger partial charge on any atom is -0.505 e. The maximum atomic E-state index is 12.0. The highest BCUT2D eigenvalue weighted by atomic mass is 16.6. The summed E-state index contributed by atoms with van der Waals surface area (Å²) in [5.41, 5.74) is 3.18. The number of phenols is 1. The molecule has 0 spiro atoms. The first kappa shape index (κ1) is 22.3. The van der Waals surface area contributed by atoms with Gasteiger partial charge in [-0.2, -0.15) is 0 Å². The van der Waals surface area contributed by atoms with Gasteiger partial charge >= 0.3 is 11.9 Å². The van der Waals surface area contributed by atoms with E-state index in [0.29, 0.717) is 12.1 Å². The van der Waals surface area contributed by atoms with E-state index < -0.39 is 5.97 Å². The van der Waals surface area contributed by atoms with Crippen LogP contribution in [0.4, 0.5) is 0 Å². The van der Waals surface area contributed by atoms with E-state index in [9.17, 15) is 14.7 Å². The average Bonchev–Trinajstić information content (AvgIpc) is 3.13. The number of aromatic hydroxyl groups is 1. The van der Waals surface area contributed by atoms with Crippen LogP contribution in [0.2, 0.25) is 0 Å². The van der Waals surface area contributed by atoms with Gasteiger partial charge in [0.05, 0.1) is 0 Å². The lowest BCUT2D eigenvalue weighted by Gasteiger charge is -2.23. The molecule has 8 heteroatoms. The molecule has 1 aromatic heterocycles. The summed E-state index contributed by atoms with van der Waals surface area (Å²) in [4.78, 5) is 24.2. The van der Waals surface area contributed by atoms with Gasteiger partial charge in [-0.05, 0) is 35.6 Å². The molecule has 0 fully saturated rings. The third-order valence-corrected chi connectivity index (χ3v) is 4.73. The Kier molecular flexibility index (Phi) is 6.58.